The molecule has 1 heterocycles. The van der Waals surface area contributed by atoms with Gasteiger partial charge in [0.05, 0.1) is 25.2 Å². The van der Waals surface area contributed by atoms with Crippen molar-refractivity contribution in [2.24, 2.45) is 0 Å². The Morgan fingerprint density at radius 3 is 2.32 bits per heavy atom. The van der Waals surface area contributed by atoms with E-state index in [1.54, 1.807) is 0 Å². The Morgan fingerprint density at radius 1 is 0.811 bits per heavy atom. The summed E-state index contributed by atoms with van der Waals surface area (Å²) in [5.74, 6) is -0.623. The largest absolute Gasteiger partial charge is 0.493 e. The van der Waals surface area contributed by atoms with Gasteiger partial charge in [0.15, 0.2) is 11.5 Å². The summed E-state index contributed by atoms with van der Waals surface area (Å²) < 4.78 is 63.7. The lowest BCUT2D eigenvalue weighted by Gasteiger charge is -2.15. The highest BCUT2D eigenvalue weighted by molar-refractivity contribution is 5.86. The first kappa shape index (κ1) is 24.2. The molecule has 0 N–H and O–H groups in total. The van der Waals surface area contributed by atoms with Crippen molar-refractivity contribution in [2.75, 3.05) is 14.2 Å². The van der Waals surface area contributed by atoms with Crippen molar-refractivity contribution < 1.29 is 31.8 Å². The quantitative estimate of drug-likeness (QED) is 0.243. The third-order valence-corrected chi connectivity index (χ3v) is 6.07. The van der Waals surface area contributed by atoms with Crippen molar-refractivity contribution in [2.45, 2.75) is 12.8 Å². The van der Waals surface area contributed by atoms with Gasteiger partial charge in [0, 0.05) is 6.07 Å². The summed E-state index contributed by atoms with van der Waals surface area (Å²) in [6, 6.07) is 22.0. The van der Waals surface area contributed by atoms with Crippen molar-refractivity contribution >= 4 is 21.7 Å². The lowest BCUT2D eigenvalue weighted by atomic mass is 10.0. The number of methoxy groups -OCH3 is 2. The maximum Gasteiger partial charge on any atom is 0.450 e. The number of hydrogen-bond acceptors (Lipinski definition) is 5. The molecule has 0 unspecified atom stereocenters. The van der Waals surface area contributed by atoms with Crippen LogP contribution in [0.25, 0.3) is 32.9 Å². The second-order valence-electron chi connectivity index (χ2n) is 8.29. The molecule has 0 fully saturated rings. The summed E-state index contributed by atoms with van der Waals surface area (Å²) in [6.45, 7) is 0.187. The number of alkyl halides is 3. The van der Waals surface area contributed by atoms with Gasteiger partial charge in [0.25, 0.3) is 0 Å². The number of benzene rings is 4. The van der Waals surface area contributed by atoms with Gasteiger partial charge in [-0.25, -0.2) is 0 Å². The first-order valence-electron chi connectivity index (χ1n) is 11.3. The van der Waals surface area contributed by atoms with E-state index in [1.807, 2.05) is 42.5 Å². The van der Waals surface area contributed by atoms with Crippen LogP contribution in [0.5, 0.6) is 17.2 Å². The van der Waals surface area contributed by atoms with Crippen LogP contribution in [-0.4, -0.2) is 14.2 Å². The molecule has 0 radical (unpaired) electrons. The third kappa shape index (κ3) is 4.58. The SMILES string of the molecule is COc1ccc(-c2c(C(F)(F)F)oc3cc(OCc4cccc5ccccc45)ccc3c2=O)cc1OC. The van der Waals surface area contributed by atoms with E-state index in [0.29, 0.717) is 5.75 Å². The molecule has 0 amide bonds. The summed E-state index contributed by atoms with van der Waals surface area (Å²) in [6.07, 6.45) is -4.92. The Bertz CT molecular complexity index is 1670. The molecule has 0 saturated heterocycles. The minimum Gasteiger partial charge on any atom is -0.493 e. The molecule has 1 aromatic heterocycles. The fourth-order valence-electron chi connectivity index (χ4n) is 4.30. The molecule has 5 aromatic rings. The van der Waals surface area contributed by atoms with Gasteiger partial charge in [0.1, 0.15) is 17.9 Å². The molecule has 4 aromatic carbocycles. The first-order valence-corrected chi connectivity index (χ1v) is 11.3. The fourth-order valence-corrected chi connectivity index (χ4v) is 4.30. The molecule has 0 aliphatic carbocycles. The Kier molecular flexibility index (Phi) is 6.25. The molecule has 0 saturated carbocycles. The zero-order valence-corrected chi connectivity index (χ0v) is 19.9. The predicted octanol–water partition coefficient (Wildman–Crippen LogP) is 7.23. The van der Waals surface area contributed by atoms with Crippen LogP contribution in [0.15, 0.2) is 88.1 Å². The lowest BCUT2D eigenvalue weighted by molar-refractivity contribution is -0.152. The highest BCUT2D eigenvalue weighted by atomic mass is 19.4. The normalized spacial score (nSPS) is 11.6. The van der Waals surface area contributed by atoms with E-state index in [9.17, 15) is 18.0 Å². The summed E-state index contributed by atoms with van der Waals surface area (Å²) in [7, 11) is 2.76. The molecule has 5 nitrogen and oxygen atoms in total. The summed E-state index contributed by atoms with van der Waals surface area (Å²) >= 11 is 0. The van der Waals surface area contributed by atoms with Crippen LogP contribution >= 0.6 is 0 Å². The van der Waals surface area contributed by atoms with Gasteiger partial charge in [-0.15, -0.1) is 0 Å². The Balaban J connectivity index is 1.57. The molecular weight excluding hydrogens is 485 g/mol. The molecule has 0 spiro atoms. The van der Waals surface area contributed by atoms with Crippen molar-refractivity contribution in [3.63, 3.8) is 0 Å². The minimum atomic E-state index is -4.92. The average Bonchev–Trinajstić information content (AvgIpc) is 2.90. The summed E-state index contributed by atoms with van der Waals surface area (Å²) in [5.41, 5.74) is -0.736. The summed E-state index contributed by atoms with van der Waals surface area (Å²) in [4.78, 5) is 13.3. The molecule has 0 aliphatic heterocycles. The van der Waals surface area contributed by atoms with Crippen LogP contribution in [0, 0.1) is 0 Å². The van der Waals surface area contributed by atoms with E-state index in [4.69, 9.17) is 18.6 Å². The Morgan fingerprint density at radius 2 is 1.57 bits per heavy atom. The van der Waals surface area contributed by atoms with Crippen LogP contribution in [0.4, 0.5) is 13.2 Å². The van der Waals surface area contributed by atoms with Crippen LogP contribution in [0.2, 0.25) is 0 Å². The van der Waals surface area contributed by atoms with Crippen molar-refractivity contribution in [1.29, 1.82) is 0 Å². The van der Waals surface area contributed by atoms with E-state index >= 15 is 0 Å². The van der Waals surface area contributed by atoms with Gasteiger partial charge in [-0.3, -0.25) is 4.79 Å². The maximum atomic E-state index is 14.1. The topological polar surface area (TPSA) is 57.9 Å². The minimum absolute atomic E-state index is 0.00286. The highest BCUT2D eigenvalue weighted by Gasteiger charge is 2.39. The second-order valence-corrected chi connectivity index (χ2v) is 8.29. The number of halogens is 3. The van der Waals surface area contributed by atoms with E-state index in [1.165, 1.54) is 50.6 Å². The van der Waals surface area contributed by atoms with E-state index in [2.05, 4.69) is 0 Å². The van der Waals surface area contributed by atoms with E-state index < -0.39 is 22.9 Å². The maximum absolute atomic E-state index is 14.1. The number of fused-ring (bicyclic) bond motifs is 2. The number of hydrogen-bond donors (Lipinski definition) is 0. The van der Waals surface area contributed by atoms with E-state index in [-0.39, 0.29) is 34.6 Å². The standard InChI is InChI=1S/C29H21F3O5/c1-34-23-13-10-18(14-25(23)35-2)26-27(33)22-12-11-20(15-24(22)37-28(26)29(30,31)32)36-16-19-8-5-7-17-6-3-4-9-21(17)19/h3-15H,16H2,1-2H3. The smallest absolute Gasteiger partial charge is 0.450 e. The van der Waals surface area contributed by atoms with Gasteiger partial charge < -0.3 is 18.6 Å². The van der Waals surface area contributed by atoms with Crippen LogP contribution in [0.1, 0.15) is 11.3 Å². The van der Waals surface area contributed by atoms with Gasteiger partial charge in [-0.1, -0.05) is 48.5 Å². The monoisotopic (exact) mass is 506 g/mol. The van der Waals surface area contributed by atoms with Crippen LogP contribution in [0.3, 0.4) is 0 Å². The molecule has 188 valence electrons. The van der Waals surface area contributed by atoms with Crippen molar-refractivity contribution in [1.82, 2.24) is 0 Å². The van der Waals surface area contributed by atoms with Gasteiger partial charge in [-0.2, -0.15) is 13.2 Å². The molecule has 0 bridgehead atoms. The third-order valence-electron chi connectivity index (χ3n) is 6.07. The molecular formula is C29H21F3O5. The number of rotatable bonds is 6. The van der Waals surface area contributed by atoms with E-state index in [0.717, 1.165) is 16.3 Å². The predicted molar refractivity (Wildman–Crippen MR) is 134 cm³/mol. The van der Waals surface area contributed by atoms with Gasteiger partial charge in [-0.05, 0) is 46.2 Å². The Labute approximate surface area is 209 Å². The lowest BCUT2D eigenvalue weighted by Crippen LogP contribution is -2.16. The zero-order chi connectivity index (χ0) is 26.2. The average molecular weight is 506 g/mol. The van der Waals surface area contributed by atoms with Crippen molar-refractivity contribution in [3.05, 3.63) is 100 Å². The molecule has 37 heavy (non-hydrogen) atoms. The van der Waals surface area contributed by atoms with Crippen LogP contribution < -0.4 is 19.6 Å². The summed E-state index contributed by atoms with van der Waals surface area (Å²) in [5, 5.41) is 2.05. The highest BCUT2D eigenvalue weighted by Crippen LogP contribution is 2.40. The fraction of sp³-hybridized carbons (Fsp3) is 0.138. The Hall–Kier alpha value is -4.46. The van der Waals surface area contributed by atoms with Crippen molar-refractivity contribution in [3.8, 4) is 28.4 Å². The molecule has 5 rings (SSSR count). The number of ether oxygens (including phenoxy) is 3. The first-order chi connectivity index (χ1) is 17.8. The molecule has 0 aliphatic rings. The van der Waals surface area contributed by atoms with Gasteiger partial charge in [0.2, 0.25) is 11.2 Å². The zero-order valence-electron chi connectivity index (χ0n) is 19.9. The van der Waals surface area contributed by atoms with Gasteiger partial charge >= 0.3 is 6.18 Å². The van der Waals surface area contributed by atoms with Crippen LogP contribution in [-0.2, 0) is 12.8 Å². The second kappa shape index (κ2) is 9.54. The molecule has 8 heteroatoms. The molecule has 0 atom stereocenters.